The maximum Gasteiger partial charge on any atom is 0.492 e. The third-order valence-corrected chi connectivity index (χ3v) is 2.87. The van der Waals surface area contributed by atoms with Crippen LogP contribution < -0.4 is 10.2 Å². The molecule has 1 unspecified atom stereocenters. The number of hydrogen-bond acceptors (Lipinski definition) is 5. The number of rotatable bonds is 3. The van der Waals surface area contributed by atoms with Crippen LogP contribution in [0.3, 0.4) is 0 Å². The fraction of sp³-hybridized carbons (Fsp3) is 0.250. The van der Waals surface area contributed by atoms with E-state index < -0.39 is 19.2 Å². The minimum absolute atomic E-state index is 0.142. The summed E-state index contributed by atoms with van der Waals surface area (Å²) in [4.78, 5) is 11.5. The standard InChI is InChI=1S/C12H13BO5/c1-7(12(14)17-3)11-9-6-8(16-2)4-5-10(9)13(15)18-11/h4-6,11,15H,1H2,2-3H3. The van der Waals surface area contributed by atoms with Crippen LogP contribution in [-0.4, -0.2) is 32.3 Å². The maximum atomic E-state index is 11.5. The fourth-order valence-electron chi connectivity index (χ4n) is 1.92. The van der Waals surface area contributed by atoms with E-state index in [0.717, 1.165) is 0 Å². The third kappa shape index (κ3) is 2.00. The van der Waals surface area contributed by atoms with Crippen molar-refractivity contribution < 1.29 is 23.9 Å². The number of benzene rings is 1. The van der Waals surface area contributed by atoms with Gasteiger partial charge in [-0.15, -0.1) is 0 Å². The number of carbonyl (C=O) groups excluding carboxylic acids is 1. The van der Waals surface area contributed by atoms with Gasteiger partial charge >= 0.3 is 13.1 Å². The molecule has 0 radical (unpaired) electrons. The van der Waals surface area contributed by atoms with Gasteiger partial charge in [-0.3, -0.25) is 0 Å². The van der Waals surface area contributed by atoms with Gasteiger partial charge in [-0.25, -0.2) is 4.79 Å². The maximum absolute atomic E-state index is 11.5. The first-order valence-corrected chi connectivity index (χ1v) is 5.37. The molecule has 1 aromatic carbocycles. The van der Waals surface area contributed by atoms with Crippen LogP contribution in [0.15, 0.2) is 30.4 Å². The van der Waals surface area contributed by atoms with E-state index in [1.54, 1.807) is 18.2 Å². The number of carbonyl (C=O) groups is 1. The molecule has 1 aromatic rings. The highest BCUT2D eigenvalue weighted by atomic mass is 16.5. The molecule has 18 heavy (non-hydrogen) atoms. The molecule has 0 aliphatic carbocycles. The van der Waals surface area contributed by atoms with Gasteiger partial charge in [-0.2, -0.15) is 0 Å². The van der Waals surface area contributed by atoms with Gasteiger partial charge in [0.15, 0.2) is 0 Å². The van der Waals surface area contributed by atoms with Crippen molar-refractivity contribution in [1.82, 2.24) is 0 Å². The summed E-state index contributed by atoms with van der Waals surface area (Å²) in [7, 11) is 1.74. The zero-order valence-electron chi connectivity index (χ0n) is 10.2. The topological polar surface area (TPSA) is 65.0 Å². The summed E-state index contributed by atoms with van der Waals surface area (Å²) < 4.78 is 15.0. The smallest absolute Gasteiger partial charge is 0.492 e. The van der Waals surface area contributed by atoms with Gasteiger partial charge in [0.25, 0.3) is 0 Å². The Balaban J connectivity index is 2.39. The summed E-state index contributed by atoms with van der Waals surface area (Å²) in [5, 5.41) is 9.76. The lowest BCUT2D eigenvalue weighted by atomic mass is 9.79. The highest BCUT2D eigenvalue weighted by Crippen LogP contribution is 2.32. The molecule has 0 saturated heterocycles. The molecular formula is C12H13BO5. The molecule has 0 aromatic heterocycles. The Morgan fingerprint density at radius 3 is 2.83 bits per heavy atom. The minimum atomic E-state index is -1.07. The molecule has 0 spiro atoms. The molecule has 94 valence electrons. The Morgan fingerprint density at radius 2 is 2.22 bits per heavy atom. The predicted molar refractivity (Wildman–Crippen MR) is 65.6 cm³/mol. The van der Waals surface area contributed by atoms with Crippen molar-refractivity contribution in [3.63, 3.8) is 0 Å². The molecule has 0 amide bonds. The summed E-state index contributed by atoms with van der Waals surface area (Å²) >= 11 is 0. The zero-order valence-corrected chi connectivity index (χ0v) is 10.2. The van der Waals surface area contributed by atoms with Crippen molar-refractivity contribution in [2.45, 2.75) is 6.10 Å². The molecule has 1 heterocycles. The zero-order chi connectivity index (χ0) is 13.3. The van der Waals surface area contributed by atoms with Crippen LogP contribution in [0, 0.1) is 0 Å². The molecule has 0 fully saturated rings. The second-order valence-corrected chi connectivity index (χ2v) is 3.88. The van der Waals surface area contributed by atoms with Crippen LogP contribution in [-0.2, 0) is 14.2 Å². The molecular weight excluding hydrogens is 235 g/mol. The summed E-state index contributed by atoms with van der Waals surface area (Å²) in [6.07, 6.45) is -0.711. The predicted octanol–water partition coefficient (Wildman–Crippen LogP) is 0.183. The second-order valence-electron chi connectivity index (χ2n) is 3.88. The highest BCUT2D eigenvalue weighted by Gasteiger charge is 2.38. The van der Waals surface area contributed by atoms with E-state index in [1.165, 1.54) is 14.2 Å². The molecule has 1 aliphatic rings. The molecule has 0 bridgehead atoms. The summed E-state index contributed by atoms with van der Waals surface area (Å²) in [6.45, 7) is 3.64. The quantitative estimate of drug-likeness (QED) is 0.469. The molecule has 5 nitrogen and oxygen atoms in total. The molecule has 0 saturated carbocycles. The van der Waals surface area contributed by atoms with Gasteiger partial charge in [-0.1, -0.05) is 12.6 Å². The van der Waals surface area contributed by atoms with Crippen molar-refractivity contribution in [1.29, 1.82) is 0 Å². The van der Waals surface area contributed by atoms with E-state index in [4.69, 9.17) is 9.39 Å². The third-order valence-electron chi connectivity index (χ3n) is 2.87. The molecule has 6 heteroatoms. The number of esters is 1. The number of methoxy groups -OCH3 is 2. The van der Waals surface area contributed by atoms with Crippen molar-refractivity contribution in [2.24, 2.45) is 0 Å². The lowest BCUT2D eigenvalue weighted by Crippen LogP contribution is -2.27. The first-order valence-electron chi connectivity index (χ1n) is 5.37. The van der Waals surface area contributed by atoms with Gasteiger partial charge in [0.1, 0.15) is 11.9 Å². The largest absolute Gasteiger partial charge is 0.497 e. The van der Waals surface area contributed by atoms with E-state index in [0.29, 0.717) is 16.8 Å². The van der Waals surface area contributed by atoms with Crippen LogP contribution in [0.25, 0.3) is 0 Å². The Hall–Kier alpha value is -1.79. The molecule has 1 atom stereocenters. The first kappa shape index (κ1) is 12.7. The number of hydrogen-bond donors (Lipinski definition) is 1. The van der Waals surface area contributed by atoms with Crippen LogP contribution in [0.5, 0.6) is 5.75 Å². The normalized spacial score (nSPS) is 17.3. The first-order chi connectivity index (χ1) is 8.58. The van der Waals surface area contributed by atoms with Crippen molar-refractivity contribution in [3.05, 3.63) is 35.9 Å². The average molecular weight is 248 g/mol. The number of fused-ring (bicyclic) bond motifs is 1. The fourth-order valence-corrected chi connectivity index (χ4v) is 1.92. The van der Waals surface area contributed by atoms with Crippen molar-refractivity contribution >= 4 is 18.6 Å². The average Bonchev–Trinajstić information content (AvgIpc) is 2.73. The molecule has 1 N–H and O–H groups in total. The van der Waals surface area contributed by atoms with Crippen molar-refractivity contribution in [3.8, 4) is 5.75 Å². The second kappa shape index (κ2) is 4.84. The van der Waals surface area contributed by atoms with Crippen molar-refractivity contribution in [2.75, 3.05) is 14.2 Å². The Morgan fingerprint density at radius 1 is 1.50 bits per heavy atom. The Bertz CT molecular complexity index is 499. The van der Waals surface area contributed by atoms with Crippen LogP contribution in [0.2, 0.25) is 0 Å². The summed E-state index contributed by atoms with van der Waals surface area (Å²) in [6, 6.07) is 5.13. The molecule has 1 aliphatic heterocycles. The van der Waals surface area contributed by atoms with Crippen LogP contribution in [0.1, 0.15) is 11.7 Å². The minimum Gasteiger partial charge on any atom is -0.497 e. The van der Waals surface area contributed by atoms with Crippen LogP contribution in [0.4, 0.5) is 0 Å². The van der Waals surface area contributed by atoms with E-state index in [2.05, 4.69) is 11.3 Å². The Labute approximate surface area is 105 Å². The highest BCUT2D eigenvalue weighted by molar-refractivity contribution is 6.61. The SMILES string of the molecule is C=C(C(=O)OC)C1OB(O)c2ccc(OC)cc21. The summed E-state index contributed by atoms with van der Waals surface area (Å²) in [5.41, 5.74) is 1.41. The lowest BCUT2D eigenvalue weighted by molar-refractivity contribution is -0.137. The van der Waals surface area contributed by atoms with E-state index in [1.807, 2.05) is 0 Å². The van der Waals surface area contributed by atoms with Gasteiger partial charge in [0.05, 0.1) is 19.8 Å². The van der Waals surface area contributed by atoms with Gasteiger partial charge < -0.3 is 19.2 Å². The summed E-state index contributed by atoms with van der Waals surface area (Å²) in [5.74, 6) is 0.0528. The van der Waals surface area contributed by atoms with Crippen LogP contribution >= 0.6 is 0 Å². The van der Waals surface area contributed by atoms with E-state index >= 15 is 0 Å². The van der Waals surface area contributed by atoms with Gasteiger partial charge in [-0.05, 0) is 23.2 Å². The lowest BCUT2D eigenvalue weighted by Gasteiger charge is -2.14. The Kier molecular flexibility index (Phi) is 3.40. The number of ether oxygens (including phenoxy) is 2. The molecule has 2 rings (SSSR count). The van der Waals surface area contributed by atoms with Gasteiger partial charge in [0, 0.05) is 0 Å². The monoisotopic (exact) mass is 248 g/mol. The van der Waals surface area contributed by atoms with E-state index in [9.17, 15) is 9.82 Å². The van der Waals surface area contributed by atoms with Gasteiger partial charge in [0.2, 0.25) is 0 Å². The van der Waals surface area contributed by atoms with E-state index in [-0.39, 0.29) is 5.57 Å².